The van der Waals surface area contributed by atoms with Gasteiger partial charge in [0, 0.05) is 25.7 Å². The molecule has 0 spiro atoms. The van der Waals surface area contributed by atoms with Gasteiger partial charge in [-0.2, -0.15) is 0 Å². The minimum Gasteiger partial charge on any atom is -0.373 e. The van der Waals surface area contributed by atoms with Crippen LogP contribution in [-0.2, 0) is 4.74 Å². The standard InChI is InChI=1S/C14H20F2N2O/c1-14(2)9-18(5-6-19-14)8-13(17)10-3-4-11(15)12(16)7-10/h3-4,7,13H,5-6,8-9,17H2,1-2H3. The molecule has 1 aliphatic rings. The molecule has 0 saturated carbocycles. The number of rotatable bonds is 3. The molecular formula is C14H20F2N2O. The highest BCUT2D eigenvalue weighted by Crippen LogP contribution is 2.20. The molecule has 1 unspecified atom stereocenters. The second-order valence-electron chi connectivity index (χ2n) is 5.62. The Labute approximate surface area is 112 Å². The molecule has 19 heavy (non-hydrogen) atoms. The monoisotopic (exact) mass is 270 g/mol. The summed E-state index contributed by atoms with van der Waals surface area (Å²) in [5.41, 5.74) is 6.49. The molecule has 106 valence electrons. The highest BCUT2D eigenvalue weighted by molar-refractivity contribution is 5.21. The van der Waals surface area contributed by atoms with E-state index in [-0.39, 0.29) is 11.6 Å². The van der Waals surface area contributed by atoms with Crippen molar-refractivity contribution in [1.29, 1.82) is 0 Å². The van der Waals surface area contributed by atoms with Crippen LogP contribution in [-0.4, -0.2) is 36.7 Å². The number of benzene rings is 1. The molecule has 0 radical (unpaired) electrons. The van der Waals surface area contributed by atoms with Crippen LogP contribution in [0.4, 0.5) is 8.78 Å². The minimum absolute atomic E-state index is 0.188. The van der Waals surface area contributed by atoms with E-state index in [0.29, 0.717) is 18.7 Å². The van der Waals surface area contributed by atoms with Gasteiger partial charge in [0.25, 0.3) is 0 Å². The van der Waals surface area contributed by atoms with E-state index in [2.05, 4.69) is 4.90 Å². The zero-order chi connectivity index (χ0) is 14.0. The normalized spacial score (nSPS) is 21.3. The van der Waals surface area contributed by atoms with Crippen molar-refractivity contribution >= 4 is 0 Å². The summed E-state index contributed by atoms with van der Waals surface area (Å²) in [4.78, 5) is 2.19. The van der Waals surface area contributed by atoms with Crippen molar-refractivity contribution in [3.05, 3.63) is 35.4 Å². The molecule has 0 bridgehead atoms. The quantitative estimate of drug-likeness (QED) is 0.914. The van der Waals surface area contributed by atoms with Gasteiger partial charge in [-0.25, -0.2) is 8.78 Å². The molecule has 2 rings (SSSR count). The third-order valence-corrected chi connectivity index (χ3v) is 3.33. The van der Waals surface area contributed by atoms with Crippen LogP contribution in [0.2, 0.25) is 0 Å². The fourth-order valence-electron chi connectivity index (χ4n) is 2.40. The average Bonchev–Trinajstić information content (AvgIpc) is 2.31. The lowest BCUT2D eigenvalue weighted by atomic mass is 10.0. The van der Waals surface area contributed by atoms with E-state index in [1.807, 2.05) is 13.8 Å². The first kappa shape index (κ1) is 14.4. The molecule has 1 aliphatic heterocycles. The number of ether oxygens (including phenoxy) is 1. The van der Waals surface area contributed by atoms with Gasteiger partial charge in [0.1, 0.15) is 0 Å². The first-order valence-electron chi connectivity index (χ1n) is 6.44. The van der Waals surface area contributed by atoms with E-state index in [4.69, 9.17) is 10.5 Å². The molecule has 1 saturated heterocycles. The summed E-state index contributed by atoms with van der Waals surface area (Å²) in [5, 5.41) is 0. The van der Waals surface area contributed by atoms with Crippen LogP contribution < -0.4 is 5.73 Å². The lowest BCUT2D eigenvalue weighted by molar-refractivity contribution is -0.0870. The molecular weight excluding hydrogens is 250 g/mol. The van der Waals surface area contributed by atoms with E-state index in [9.17, 15) is 8.78 Å². The Kier molecular flexibility index (Phi) is 4.18. The van der Waals surface area contributed by atoms with Crippen molar-refractivity contribution in [2.45, 2.75) is 25.5 Å². The summed E-state index contributed by atoms with van der Waals surface area (Å²) in [6.45, 7) is 6.92. The second-order valence-corrected chi connectivity index (χ2v) is 5.62. The van der Waals surface area contributed by atoms with Gasteiger partial charge in [-0.3, -0.25) is 4.90 Å². The van der Waals surface area contributed by atoms with E-state index in [1.54, 1.807) is 0 Å². The van der Waals surface area contributed by atoms with Crippen LogP contribution in [0.15, 0.2) is 18.2 Å². The number of halogens is 2. The van der Waals surface area contributed by atoms with Crippen LogP contribution in [0.5, 0.6) is 0 Å². The van der Waals surface area contributed by atoms with Gasteiger partial charge in [0.15, 0.2) is 11.6 Å². The molecule has 0 aliphatic carbocycles. The molecule has 1 aromatic carbocycles. The van der Waals surface area contributed by atoms with Gasteiger partial charge in [0.05, 0.1) is 12.2 Å². The molecule has 1 aromatic rings. The van der Waals surface area contributed by atoms with Gasteiger partial charge in [-0.15, -0.1) is 0 Å². The van der Waals surface area contributed by atoms with Crippen LogP contribution in [0.1, 0.15) is 25.5 Å². The topological polar surface area (TPSA) is 38.5 Å². The number of morpholine rings is 1. The summed E-state index contributed by atoms with van der Waals surface area (Å²) in [7, 11) is 0. The van der Waals surface area contributed by atoms with E-state index >= 15 is 0 Å². The smallest absolute Gasteiger partial charge is 0.159 e. The Morgan fingerprint density at radius 2 is 2.11 bits per heavy atom. The fourth-order valence-corrected chi connectivity index (χ4v) is 2.40. The lowest BCUT2D eigenvalue weighted by Gasteiger charge is -2.39. The largest absolute Gasteiger partial charge is 0.373 e. The van der Waals surface area contributed by atoms with Gasteiger partial charge < -0.3 is 10.5 Å². The third kappa shape index (κ3) is 3.72. The predicted octanol–water partition coefficient (Wildman–Crippen LogP) is 2.08. The Bertz CT molecular complexity index is 451. The summed E-state index contributed by atoms with van der Waals surface area (Å²) in [5.74, 6) is -1.70. The van der Waals surface area contributed by atoms with Crippen LogP contribution >= 0.6 is 0 Å². The van der Waals surface area contributed by atoms with Crippen molar-refractivity contribution in [3.8, 4) is 0 Å². The maximum absolute atomic E-state index is 13.2. The van der Waals surface area contributed by atoms with Crippen molar-refractivity contribution in [1.82, 2.24) is 4.90 Å². The molecule has 3 nitrogen and oxygen atoms in total. The van der Waals surface area contributed by atoms with Crippen molar-refractivity contribution in [2.24, 2.45) is 5.73 Å². The lowest BCUT2D eigenvalue weighted by Crippen LogP contribution is -2.50. The first-order chi connectivity index (χ1) is 8.87. The van der Waals surface area contributed by atoms with Gasteiger partial charge in [-0.1, -0.05) is 6.07 Å². The maximum Gasteiger partial charge on any atom is 0.159 e. The van der Waals surface area contributed by atoms with Gasteiger partial charge >= 0.3 is 0 Å². The first-order valence-corrected chi connectivity index (χ1v) is 6.44. The molecule has 2 N–H and O–H groups in total. The minimum atomic E-state index is -0.852. The Balaban J connectivity index is 2.00. The highest BCUT2D eigenvalue weighted by atomic mass is 19.2. The molecule has 1 atom stereocenters. The SMILES string of the molecule is CC1(C)CN(CC(N)c2ccc(F)c(F)c2)CCO1. The summed E-state index contributed by atoms with van der Waals surface area (Å²) in [6.07, 6.45) is 0. The maximum atomic E-state index is 13.2. The zero-order valence-corrected chi connectivity index (χ0v) is 11.3. The molecule has 1 fully saturated rings. The average molecular weight is 270 g/mol. The number of hydrogen-bond acceptors (Lipinski definition) is 3. The van der Waals surface area contributed by atoms with Crippen LogP contribution in [0.3, 0.4) is 0 Å². The molecule has 1 heterocycles. The van der Waals surface area contributed by atoms with Gasteiger partial charge in [0.2, 0.25) is 0 Å². The van der Waals surface area contributed by atoms with E-state index < -0.39 is 11.6 Å². The van der Waals surface area contributed by atoms with Gasteiger partial charge in [-0.05, 0) is 31.5 Å². The predicted molar refractivity (Wildman–Crippen MR) is 69.8 cm³/mol. The van der Waals surface area contributed by atoms with Crippen molar-refractivity contribution in [2.75, 3.05) is 26.2 Å². The van der Waals surface area contributed by atoms with E-state index in [1.165, 1.54) is 12.1 Å². The number of nitrogens with two attached hydrogens (primary N) is 1. The fraction of sp³-hybridized carbons (Fsp3) is 0.571. The molecule has 0 aromatic heterocycles. The Hall–Kier alpha value is -1.04. The summed E-state index contributed by atoms with van der Waals surface area (Å²) >= 11 is 0. The summed E-state index contributed by atoms with van der Waals surface area (Å²) < 4.78 is 31.7. The Morgan fingerprint density at radius 1 is 1.37 bits per heavy atom. The third-order valence-electron chi connectivity index (χ3n) is 3.33. The van der Waals surface area contributed by atoms with E-state index in [0.717, 1.165) is 19.2 Å². The highest BCUT2D eigenvalue weighted by Gasteiger charge is 2.28. The van der Waals surface area contributed by atoms with Crippen LogP contribution in [0, 0.1) is 11.6 Å². The molecule has 5 heteroatoms. The number of nitrogens with zero attached hydrogens (tertiary/aromatic N) is 1. The van der Waals surface area contributed by atoms with Crippen LogP contribution in [0.25, 0.3) is 0 Å². The molecule has 0 amide bonds. The van der Waals surface area contributed by atoms with Crippen molar-refractivity contribution in [3.63, 3.8) is 0 Å². The Morgan fingerprint density at radius 3 is 2.74 bits per heavy atom. The van der Waals surface area contributed by atoms with Crippen molar-refractivity contribution < 1.29 is 13.5 Å². The second kappa shape index (κ2) is 5.53. The summed E-state index contributed by atoms with van der Waals surface area (Å²) in [6, 6.07) is 3.50. The number of hydrogen-bond donors (Lipinski definition) is 1. The zero-order valence-electron chi connectivity index (χ0n) is 11.3.